The Balaban J connectivity index is 0.000000386. The first-order valence-corrected chi connectivity index (χ1v) is 5.16. The molecule has 1 atom stereocenters. The van der Waals surface area contributed by atoms with Crippen LogP contribution in [-0.4, -0.2) is 26.3 Å². The van der Waals surface area contributed by atoms with E-state index in [1.165, 1.54) is 4.90 Å². The van der Waals surface area contributed by atoms with E-state index in [1.807, 2.05) is 24.3 Å². The second-order valence-corrected chi connectivity index (χ2v) is 3.47. The predicted molar refractivity (Wildman–Crippen MR) is 65.2 cm³/mol. The summed E-state index contributed by atoms with van der Waals surface area (Å²) in [5, 5.41) is 0. The summed E-state index contributed by atoms with van der Waals surface area (Å²) in [5.74, 6) is 0.619. The molecule has 0 spiro atoms. The molecule has 1 amide bonds. The van der Waals surface area contributed by atoms with Gasteiger partial charge in [0, 0.05) is 7.11 Å². The highest BCUT2D eigenvalue weighted by Crippen LogP contribution is 2.30. The van der Waals surface area contributed by atoms with Gasteiger partial charge in [0.25, 0.3) is 5.91 Å². The van der Waals surface area contributed by atoms with Crippen LogP contribution >= 0.6 is 9.47 Å². The van der Waals surface area contributed by atoms with Crippen LogP contribution in [0.1, 0.15) is 0 Å². The Kier molecular flexibility index (Phi) is 5.19. The van der Waals surface area contributed by atoms with E-state index in [4.69, 9.17) is 10.5 Å². The number of ether oxygens (including phenoxy) is 1. The molecule has 0 saturated heterocycles. The Morgan fingerprint density at radius 1 is 1.56 bits per heavy atom. The predicted octanol–water partition coefficient (Wildman–Crippen LogP) is 0.751. The summed E-state index contributed by atoms with van der Waals surface area (Å²) >= 11 is 0. The number of nitrogens with zero attached hydrogens (tertiary/aromatic N) is 1. The molecule has 0 aromatic heterocycles. The quantitative estimate of drug-likeness (QED) is 0.738. The van der Waals surface area contributed by atoms with E-state index < -0.39 is 0 Å². The molecular weight excluding hydrogens is 227 g/mol. The highest BCUT2D eigenvalue weighted by atomic mass is 31.0. The summed E-state index contributed by atoms with van der Waals surface area (Å²) in [6, 6.07) is 7.36. The zero-order valence-electron chi connectivity index (χ0n) is 9.05. The van der Waals surface area contributed by atoms with Gasteiger partial charge in [0.05, 0.1) is 12.4 Å². The molecule has 88 valence electrons. The summed E-state index contributed by atoms with van der Waals surface area (Å²) in [7, 11) is 3.67. The molecule has 0 bridgehead atoms. The molecule has 1 aromatic rings. The smallest absolute Gasteiger partial charge is 0.266 e. The van der Waals surface area contributed by atoms with Crippen molar-refractivity contribution in [2.24, 2.45) is 5.73 Å². The van der Waals surface area contributed by atoms with Crippen molar-refractivity contribution in [3.8, 4) is 5.75 Å². The third kappa shape index (κ3) is 2.92. The van der Waals surface area contributed by atoms with Gasteiger partial charge < -0.3 is 15.0 Å². The first-order valence-electron chi connectivity index (χ1n) is 4.69. The maximum absolute atomic E-state index is 11.3. The van der Waals surface area contributed by atoms with E-state index in [0.717, 1.165) is 5.69 Å². The number of anilines is 1. The Bertz CT molecular complexity index is 360. The lowest BCUT2D eigenvalue weighted by atomic mass is 10.2. The number of fused-ring (bicyclic) bond motifs is 1. The van der Waals surface area contributed by atoms with Crippen molar-refractivity contribution in [2.45, 2.75) is 0 Å². The SMILES string of the molecule is COP.NCN1C(=O)COc2ccccc21. The third-order valence-electron chi connectivity index (χ3n) is 1.99. The van der Waals surface area contributed by atoms with Crippen molar-refractivity contribution in [1.29, 1.82) is 0 Å². The number of para-hydroxylation sites is 2. The van der Waals surface area contributed by atoms with Crippen molar-refractivity contribution in [3.63, 3.8) is 0 Å². The Morgan fingerprint density at radius 2 is 2.19 bits per heavy atom. The van der Waals surface area contributed by atoms with Gasteiger partial charge in [-0.3, -0.25) is 9.69 Å². The van der Waals surface area contributed by atoms with Crippen molar-refractivity contribution < 1.29 is 14.1 Å². The minimum absolute atomic E-state index is 0.0776. The van der Waals surface area contributed by atoms with E-state index in [9.17, 15) is 4.79 Å². The molecule has 1 heterocycles. The van der Waals surface area contributed by atoms with Gasteiger partial charge in [-0.05, 0) is 21.6 Å². The number of carbonyl (C=O) groups excluding carboxylic acids is 1. The van der Waals surface area contributed by atoms with Gasteiger partial charge in [-0.25, -0.2) is 0 Å². The number of nitrogens with two attached hydrogens (primary N) is 1. The number of hydrogen-bond donors (Lipinski definition) is 1. The molecule has 6 heteroatoms. The van der Waals surface area contributed by atoms with E-state index >= 15 is 0 Å². The van der Waals surface area contributed by atoms with Gasteiger partial charge in [0.15, 0.2) is 6.61 Å². The average Bonchev–Trinajstić information content (AvgIpc) is 2.30. The lowest BCUT2D eigenvalue weighted by molar-refractivity contribution is -0.121. The monoisotopic (exact) mass is 242 g/mol. The molecule has 0 fully saturated rings. The minimum Gasteiger partial charge on any atom is -0.482 e. The lowest BCUT2D eigenvalue weighted by Gasteiger charge is -2.27. The van der Waals surface area contributed by atoms with Gasteiger partial charge >= 0.3 is 0 Å². The summed E-state index contributed by atoms with van der Waals surface area (Å²) < 4.78 is 9.39. The molecule has 1 aliphatic rings. The molecule has 5 nitrogen and oxygen atoms in total. The van der Waals surface area contributed by atoms with Gasteiger partial charge in [0.1, 0.15) is 5.75 Å². The van der Waals surface area contributed by atoms with Crippen molar-refractivity contribution in [1.82, 2.24) is 0 Å². The van der Waals surface area contributed by atoms with Gasteiger partial charge in [-0.2, -0.15) is 0 Å². The van der Waals surface area contributed by atoms with Crippen LogP contribution in [-0.2, 0) is 9.32 Å². The van der Waals surface area contributed by atoms with Crippen LogP contribution in [0.5, 0.6) is 5.75 Å². The van der Waals surface area contributed by atoms with Crippen molar-refractivity contribution in [2.75, 3.05) is 25.3 Å². The van der Waals surface area contributed by atoms with Crippen molar-refractivity contribution >= 4 is 21.1 Å². The molecular formula is C10H15N2O3P. The highest BCUT2D eigenvalue weighted by molar-refractivity contribution is 7.09. The number of amides is 1. The summed E-state index contributed by atoms with van der Waals surface area (Å²) in [6.45, 7) is 0.271. The molecule has 2 rings (SSSR count). The van der Waals surface area contributed by atoms with Crippen LogP contribution in [0.4, 0.5) is 5.69 Å². The lowest BCUT2D eigenvalue weighted by Crippen LogP contribution is -2.42. The first kappa shape index (κ1) is 12.9. The van der Waals surface area contributed by atoms with Crippen molar-refractivity contribution in [3.05, 3.63) is 24.3 Å². The topological polar surface area (TPSA) is 64.8 Å². The number of rotatable bonds is 1. The molecule has 1 aliphatic heterocycles. The largest absolute Gasteiger partial charge is 0.482 e. The molecule has 0 saturated carbocycles. The minimum atomic E-state index is -0.0961. The molecule has 16 heavy (non-hydrogen) atoms. The van der Waals surface area contributed by atoms with Gasteiger partial charge in [0.2, 0.25) is 0 Å². The van der Waals surface area contributed by atoms with Crippen LogP contribution in [0.15, 0.2) is 24.3 Å². The summed E-state index contributed by atoms with van der Waals surface area (Å²) in [6.07, 6.45) is 0. The fraction of sp³-hybridized carbons (Fsp3) is 0.300. The number of hydrogen-bond acceptors (Lipinski definition) is 4. The fourth-order valence-electron chi connectivity index (χ4n) is 1.35. The molecule has 2 N–H and O–H groups in total. The summed E-state index contributed by atoms with van der Waals surface area (Å²) in [5.41, 5.74) is 6.21. The maximum atomic E-state index is 11.3. The average molecular weight is 242 g/mol. The molecule has 1 unspecified atom stereocenters. The molecule has 0 radical (unpaired) electrons. The maximum Gasteiger partial charge on any atom is 0.266 e. The normalized spacial score (nSPS) is 13.4. The van der Waals surface area contributed by atoms with E-state index in [-0.39, 0.29) is 19.2 Å². The van der Waals surface area contributed by atoms with Crippen LogP contribution < -0.4 is 15.4 Å². The zero-order chi connectivity index (χ0) is 12.0. The van der Waals surface area contributed by atoms with Crippen LogP contribution in [0, 0.1) is 0 Å². The van der Waals surface area contributed by atoms with E-state index in [1.54, 1.807) is 7.11 Å². The number of benzene rings is 1. The molecule has 0 aliphatic carbocycles. The third-order valence-corrected chi connectivity index (χ3v) is 1.99. The second-order valence-electron chi connectivity index (χ2n) is 3.00. The van der Waals surface area contributed by atoms with Crippen LogP contribution in [0.2, 0.25) is 0 Å². The molecule has 1 aromatic carbocycles. The Morgan fingerprint density at radius 3 is 2.81 bits per heavy atom. The Hall–Kier alpha value is -1.16. The zero-order valence-corrected chi connectivity index (χ0v) is 10.2. The van der Waals surface area contributed by atoms with E-state index in [2.05, 4.69) is 14.0 Å². The standard InChI is InChI=1S/C9H10N2O2.CH5OP/c10-6-11-7-3-1-2-4-8(7)13-5-9(11)12;1-2-3/h1-4H,5-6,10H2;3H2,1H3. The summed E-state index contributed by atoms with van der Waals surface area (Å²) in [4.78, 5) is 12.8. The van der Waals surface area contributed by atoms with Gasteiger partial charge in [-0.1, -0.05) is 12.1 Å². The van der Waals surface area contributed by atoms with Crippen LogP contribution in [0.25, 0.3) is 0 Å². The van der Waals surface area contributed by atoms with Crippen LogP contribution in [0.3, 0.4) is 0 Å². The first-order chi connectivity index (χ1) is 7.74. The Labute approximate surface area is 96.8 Å². The van der Waals surface area contributed by atoms with Gasteiger partial charge in [-0.15, -0.1) is 0 Å². The number of carbonyl (C=O) groups is 1. The second kappa shape index (κ2) is 6.43. The van der Waals surface area contributed by atoms with E-state index in [0.29, 0.717) is 5.75 Å². The highest BCUT2D eigenvalue weighted by Gasteiger charge is 2.23. The fourth-order valence-corrected chi connectivity index (χ4v) is 1.35.